The molecule has 304 valence electrons. The lowest BCUT2D eigenvalue weighted by Crippen LogP contribution is -2.16. The molecule has 0 radical (unpaired) electrons. The minimum absolute atomic E-state index is 0.00920. The molecule has 0 nitrogen and oxygen atoms in total. The molecule has 7 aromatic carbocycles. The maximum absolute atomic E-state index is 4.13. The molecule has 0 saturated carbocycles. The Hall–Kier alpha value is -4.20. The number of halogens is 1. The van der Waals surface area contributed by atoms with Crippen LogP contribution >= 0.6 is 15.9 Å². The minimum Gasteiger partial charge on any atom is -0.0616 e. The second-order valence-corrected chi connectivity index (χ2v) is 23.2. The number of benzene rings is 7. The number of rotatable bonds is 4. The highest BCUT2D eigenvalue weighted by Crippen LogP contribution is 2.56. The van der Waals surface area contributed by atoms with Crippen LogP contribution in [0.2, 0.25) is 0 Å². The van der Waals surface area contributed by atoms with Crippen LogP contribution in [-0.2, 0) is 21.7 Å². The normalized spacial score (nSPS) is 13.5. The van der Waals surface area contributed by atoms with Crippen LogP contribution in [0.5, 0.6) is 0 Å². The van der Waals surface area contributed by atoms with Gasteiger partial charge >= 0.3 is 0 Å². The van der Waals surface area contributed by atoms with Gasteiger partial charge in [0.05, 0.1) is 0 Å². The summed E-state index contributed by atoms with van der Waals surface area (Å²) in [6.45, 7) is 37.6. The Morgan fingerprint density at radius 2 is 0.780 bits per heavy atom. The van der Waals surface area contributed by atoms with Crippen LogP contribution < -0.4 is 0 Å². The fourth-order valence-corrected chi connectivity index (χ4v) is 10.4. The zero-order valence-corrected chi connectivity index (χ0v) is 40.3. The molecular formula is C58H65Br. The first-order valence-electron chi connectivity index (χ1n) is 22.0. The van der Waals surface area contributed by atoms with Gasteiger partial charge in [-0.3, -0.25) is 0 Å². The van der Waals surface area contributed by atoms with E-state index in [4.69, 9.17) is 0 Å². The second kappa shape index (κ2) is 13.9. The van der Waals surface area contributed by atoms with Crippen LogP contribution in [0.1, 0.15) is 156 Å². The molecule has 0 aromatic heterocycles. The largest absolute Gasteiger partial charge is 0.0616 e. The van der Waals surface area contributed by atoms with Gasteiger partial charge in [0.1, 0.15) is 0 Å². The fraction of sp³-hybridized carbons (Fsp3) is 0.379. The van der Waals surface area contributed by atoms with Gasteiger partial charge in [-0.25, -0.2) is 0 Å². The van der Waals surface area contributed by atoms with Crippen LogP contribution in [0.25, 0.3) is 76.8 Å². The molecule has 0 unspecified atom stereocenters. The Kier molecular flexibility index (Phi) is 9.80. The molecule has 0 amide bonds. The van der Waals surface area contributed by atoms with Crippen LogP contribution in [0.3, 0.4) is 0 Å². The van der Waals surface area contributed by atoms with Gasteiger partial charge in [-0.1, -0.05) is 184 Å². The Labute approximate surface area is 364 Å². The molecule has 0 aliphatic heterocycles. The van der Waals surface area contributed by atoms with E-state index in [1.165, 1.54) is 115 Å². The number of hydrogen-bond donors (Lipinski definition) is 0. The lowest BCUT2D eigenvalue weighted by molar-refractivity contribution is 0.568. The van der Waals surface area contributed by atoms with Gasteiger partial charge in [0.15, 0.2) is 0 Å². The third-order valence-electron chi connectivity index (χ3n) is 13.2. The van der Waals surface area contributed by atoms with Crippen LogP contribution in [0.4, 0.5) is 0 Å². The Morgan fingerprint density at radius 3 is 1.17 bits per heavy atom. The zero-order valence-electron chi connectivity index (χ0n) is 38.7. The molecule has 0 heterocycles. The summed E-state index contributed by atoms with van der Waals surface area (Å²) in [5, 5.41) is 7.97. The van der Waals surface area contributed by atoms with Crippen molar-refractivity contribution in [3.8, 4) is 44.5 Å². The molecule has 0 atom stereocenters. The van der Waals surface area contributed by atoms with Crippen molar-refractivity contribution in [2.75, 3.05) is 0 Å². The van der Waals surface area contributed by atoms with Crippen molar-refractivity contribution in [3.05, 3.63) is 129 Å². The second-order valence-electron chi connectivity index (χ2n) is 22.4. The molecule has 8 rings (SSSR count). The average molecular weight is 842 g/mol. The number of fused-ring (bicyclic) bond motifs is 5. The predicted octanol–water partition coefficient (Wildman–Crippen LogP) is 18.3. The standard InChI is InChI=1S/C58H65Br/c1-32(2)40-21-22-43-53-46(29-44(33(3)4)54(43)59)45-30-48-49(31-47(45)52(40)53)51(35-25-38(57(11,12)13)28-39(26-35)58(14,15)16)42-20-18-17-19-41(42)50(48)34-23-36(55(5,6)7)27-37(24-34)56(8,9)10/h17-33H,1-16H3. The maximum atomic E-state index is 4.13. The summed E-state index contributed by atoms with van der Waals surface area (Å²) < 4.78 is 1.23. The summed E-state index contributed by atoms with van der Waals surface area (Å²) in [6.07, 6.45) is 0. The lowest BCUT2D eigenvalue weighted by Gasteiger charge is -2.28. The number of hydrogen-bond acceptors (Lipinski definition) is 0. The molecule has 59 heavy (non-hydrogen) atoms. The molecule has 0 bridgehead atoms. The molecule has 0 fully saturated rings. The summed E-state index contributed by atoms with van der Waals surface area (Å²) in [4.78, 5) is 0. The van der Waals surface area contributed by atoms with E-state index in [0.717, 1.165) is 0 Å². The highest BCUT2D eigenvalue weighted by atomic mass is 79.9. The highest BCUT2D eigenvalue weighted by molar-refractivity contribution is 9.10. The lowest BCUT2D eigenvalue weighted by atomic mass is 9.76. The van der Waals surface area contributed by atoms with E-state index < -0.39 is 0 Å². The van der Waals surface area contributed by atoms with E-state index in [1.54, 1.807) is 0 Å². The Morgan fingerprint density at radius 1 is 0.373 bits per heavy atom. The summed E-state index contributed by atoms with van der Waals surface area (Å²) in [5.74, 6) is 0.768. The van der Waals surface area contributed by atoms with Crippen molar-refractivity contribution in [3.63, 3.8) is 0 Å². The summed E-state index contributed by atoms with van der Waals surface area (Å²) in [6, 6.07) is 36.7. The van der Waals surface area contributed by atoms with E-state index in [2.05, 4.69) is 218 Å². The molecule has 7 aromatic rings. The molecule has 0 saturated heterocycles. The maximum Gasteiger partial charge on any atom is 0.0289 e. The van der Waals surface area contributed by atoms with Crippen LogP contribution in [0, 0.1) is 0 Å². The first-order valence-corrected chi connectivity index (χ1v) is 22.8. The van der Waals surface area contributed by atoms with Gasteiger partial charge in [0.2, 0.25) is 0 Å². The molecule has 1 aliphatic carbocycles. The topological polar surface area (TPSA) is 0 Å². The van der Waals surface area contributed by atoms with Crippen molar-refractivity contribution < 1.29 is 0 Å². The first-order chi connectivity index (χ1) is 27.4. The van der Waals surface area contributed by atoms with Gasteiger partial charge in [-0.15, -0.1) is 0 Å². The van der Waals surface area contributed by atoms with E-state index in [-0.39, 0.29) is 21.7 Å². The van der Waals surface area contributed by atoms with Crippen molar-refractivity contribution >= 4 is 48.2 Å². The molecule has 0 N–H and O–H groups in total. The third kappa shape index (κ3) is 6.98. The molecular weight excluding hydrogens is 777 g/mol. The van der Waals surface area contributed by atoms with Crippen molar-refractivity contribution in [2.24, 2.45) is 0 Å². The average Bonchev–Trinajstić information content (AvgIpc) is 3.45. The van der Waals surface area contributed by atoms with E-state index in [0.29, 0.717) is 11.8 Å². The van der Waals surface area contributed by atoms with Gasteiger partial charge in [-0.05, 0) is 178 Å². The summed E-state index contributed by atoms with van der Waals surface area (Å²) >= 11 is 4.13. The van der Waals surface area contributed by atoms with E-state index in [9.17, 15) is 0 Å². The van der Waals surface area contributed by atoms with Crippen molar-refractivity contribution in [1.29, 1.82) is 0 Å². The van der Waals surface area contributed by atoms with Gasteiger partial charge in [0.25, 0.3) is 0 Å². The van der Waals surface area contributed by atoms with Gasteiger partial charge in [0, 0.05) is 4.47 Å². The molecule has 0 spiro atoms. The van der Waals surface area contributed by atoms with Crippen LogP contribution in [-0.4, -0.2) is 0 Å². The molecule has 1 heteroatoms. The Bertz CT molecular complexity index is 2780. The highest BCUT2D eigenvalue weighted by Gasteiger charge is 2.31. The Balaban J connectivity index is 1.63. The summed E-state index contributed by atoms with van der Waals surface area (Å²) in [5.41, 5.74) is 19.0. The molecule has 1 aliphatic rings. The van der Waals surface area contributed by atoms with Gasteiger partial charge < -0.3 is 0 Å². The van der Waals surface area contributed by atoms with Gasteiger partial charge in [-0.2, -0.15) is 0 Å². The fourth-order valence-electron chi connectivity index (χ4n) is 9.48. The predicted molar refractivity (Wildman–Crippen MR) is 265 cm³/mol. The van der Waals surface area contributed by atoms with E-state index >= 15 is 0 Å². The SMILES string of the molecule is CC(C)c1cc2c3c(c(C(C)C)ccc3c1Br)-c1cc3c(-c4cc(C(C)(C)C)cc(C(C)(C)C)c4)c4ccccc4c(-c4cc(C(C)(C)C)cc(C(C)(C)C)c4)c3cc1-2. The smallest absolute Gasteiger partial charge is 0.0289 e. The third-order valence-corrected chi connectivity index (χ3v) is 14.1. The summed E-state index contributed by atoms with van der Waals surface area (Å²) in [7, 11) is 0. The zero-order chi connectivity index (χ0) is 42.9. The van der Waals surface area contributed by atoms with Crippen LogP contribution in [0.15, 0.2) is 95.5 Å². The van der Waals surface area contributed by atoms with Crippen molar-refractivity contribution in [2.45, 2.75) is 144 Å². The monoisotopic (exact) mass is 840 g/mol. The minimum atomic E-state index is -0.00940. The first kappa shape index (κ1) is 41.5. The van der Waals surface area contributed by atoms with E-state index in [1.807, 2.05) is 0 Å². The van der Waals surface area contributed by atoms with Crippen molar-refractivity contribution in [1.82, 2.24) is 0 Å². The quantitative estimate of drug-likeness (QED) is 0.155.